The summed E-state index contributed by atoms with van der Waals surface area (Å²) in [6.07, 6.45) is 4.59. The summed E-state index contributed by atoms with van der Waals surface area (Å²) in [5, 5.41) is 12.6. The van der Waals surface area contributed by atoms with Gasteiger partial charge in [-0.05, 0) is 42.9 Å². The number of rotatable bonds is 5. The van der Waals surface area contributed by atoms with Gasteiger partial charge in [0.2, 0.25) is 0 Å². The number of nitriles is 1. The molecule has 1 fully saturated rings. The molecule has 1 aliphatic carbocycles. The van der Waals surface area contributed by atoms with E-state index in [1.54, 1.807) is 0 Å². The van der Waals surface area contributed by atoms with Crippen LogP contribution in [0.4, 0.5) is 5.69 Å². The van der Waals surface area contributed by atoms with Crippen molar-refractivity contribution in [2.75, 3.05) is 12.4 Å². The first-order chi connectivity index (χ1) is 10.6. The molecule has 1 aromatic rings. The Labute approximate surface area is 132 Å². The molecule has 1 aliphatic rings. The normalized spacial score (nSPS) is 22.4. The highest BCUT2D eigenvalue weighted by molar-refractivity contribution is 5.70. The Bertz CT molecular complexity index is 533. The molecule has 0 heterocycles. The summed E-state index contributed by atoms with van der Waals surface area (Å²) >= 11 is 0. The number of carbonyl (C=O) groups excluding carboxylic acids is 1. The molecule has 4 nitrogen and oxygen atoms in total. The van der Waals surface area contributed by atoms with Gasteiger partial charge in [-0.25, -0.2) is 0 Å². The smallest absolute Gasteiger partial charge is 0.306 e. The molecule has 1 saturated carbocycles. The van der Waals surface area contributed by atoms with Gasteiger partial charge < -0.3 is 10.1 Å². The lowest BCUT2D eigenvalue weighted by Crippen LogP contribution is -2.26. The molecule has 1 aromatic carbocycles. The number of benzene rings is 1. The van der Waals surface area contributed by atoms with Crippen LogP contribution in [0, 0.1) is 17.2 Å². The van der Waals surface area contributed by atoms with Crippen molar-refractivity contribution in [2.45, 2.75) is 51.0 Å². The summed E-state index contributed by atoms with van der Waals surface area (Å²) in [6, 6.07) is 11.0. The third-order valence-electron chi connectivity index (χ3n) is 4.41. The van der Waals surface area contributed by atoms with Crippen molar-refractivity contribution >= 4 is 11.7 Å². The fraction of sp³-hybridized carbons (Fsp3) is 0.556. The Hall–Kier alpha value is -2.02. The van der Waals surface area contributed by atoms with Gasteiger partial charge >= 0.3 is 5.97 Å². The summed E-state index contributed by atoms with van der Waals surface area (Å²) < 4.78 is 4.71. The molecular weight excluding hydrogens is 276 g/mol. The zero-order valence-electron chi connectivity index (χ0n) is 13.3. The van der Waals surface area contributed by atoms with Gasteiger partial charge in [-0.1, -0.05) is 25.5 Å². The molecule has 0 aliphatic heterocycles. The van der Waals surface area contributed by atoms with Crippen LogP contribution in [0.25, 0.3) is 0 Å². The van der Waals surface area contributed by atoms with Crippen LogP contribution in [0.5, 0.6) is 0 Å². The fourth-order valence-corrected chi connectivity index (χ4v) is 3.03. The molecule has 0 aromatic heterocycles. The van der Waals surface area contributed by atoms with E-state index in [0.717, 1.165) is 36.9 Å². The number of esters is 1. The number of nitrogens with one attached hydrogen (secondary N) is 1. The summed E-state index contributed by atoms with van der Waals surface area (Å²) in [5.41, 5.74) is 2.21. The number of carbonyl (C=O) groups is 1. The first-order valence-electron chi connectivity index (χ1n) is 7.95. The Balaban J connectivity index is 1.91. The Morgan fingerprint density at radius 3 is 2.77 bits per heavy atom. The highest BCUT2D eigenvalue weighted by Crippen LogP contribution is 2.27. The largest absolute Gasteiger partial charge is 0.469 e. The molecule has 22 heavy (non-hydrogen) atoms. The van der Waals surface area contributed by atoms with Crippen LogP contribution in [-0.2, 0) is 9.53 Å². The summed E-state index contributed by atoms with van der Waals surface area (Å²) in [4.78, 5) is 11.3. The zero-order valence-corrected chi connectivity index (χ0v) is 13.3. The second-order valence-electron chi connectivity index (χ2n) is 6.14. The molecular formula is C18H24N2O2. The van der Waals surface area contributed by atoms with Crippen LogP contribution < -0.4 is 5.32 Å². The predicted molar refractivity (Wildman–Crippen MR) is 86.5 cm³/mol. The second kappa shape index (κ2) is 7.84. The third kappa shape index (κ3) is 4.49. The number of ether oxygens (including phenoxy) is 1. The van der Waals surface area contributed by atoms with Crippen LogP contribution in [-0.4, -0.2) is 19.1 Å². The quantitative estimate of drug-likeness (QED) is 0.839. The van der Waals surface area contributed by atoms with Gasteiger partial charge in [0.25, 0.3) is 0 Å². The van der Waals surface area contributed by atoms with E-state index in [0.29, 0.717) is 12.5 Å². The molecule has 0 amide bonds. The van der Waals surface area contributed by atoms with Gasteiger partial charge in [0.05, 0.1) is 19.6 Å². The van der Waals surface area contributed by atoms with Gasteiger partial charge in [0.1, 0.15) is 0 Å². The third-order valence-corrected chi connectivity index (χ3v) is 4.41. The maximum Gasteiger partial charge on any atom is 0.306 e. The van der Waals surface area contributed by atoms with Crippen LogP contribution in [0.3, 0.4) is 0 Å². The van der Waals surface area contributed by atoms with Crippen LogP contribution in [0.2, 0.25) is 0 Å². The van der Waals surface area contributed by atoms with Gasteiger partial charge in [0, 0.05) is 17.6 Å². The van der Waals surface area contributed by atoms with Gasteiger partial charge in [0.15, 0.2) is 0 Å². The van der Waals surface area contributed by atoms with Crippen molar-refractivity contribution < 1.29 is 9.53 Å². The molecule has 118 valence electrons. The summed E-state index contributed by atoms with van der Waals surface area (Å²) in [5.74, 6) is 0.157. The minimum Gasteiger partial charge on any atom is -0.469 e. The molecule has 0 bridgehead atoms. The first-order valence-corrected chi connectivity index (χ1v) is 7.95. The standard InChI is InChI=1S/C18H24N2O2/c1-13(10-18(21)22-2)15-6-8-16(9-7-15)20-17-5-3-4-14(11-17)12-19/h6-9,13-14,17,20H,3-5,10-11H2,1-2H3/t13-,14-,17+/m0/s1. The number of nitrogens with zero attached hydrogens (tertiary/aromatic N) is 1. The molecule has 0 unspecified atom stereocenters. The van der Waals surface area contributed by atoms with Crippen molar-refractivity contribution in [2.24, 2.45) is 5.92 Å². The Kier molecular flexibility index (Phi) is 5.83. The molecule has 3 atom stereocenters. The van der Waals surface area contributed by atoms with E-state index in [9.17, 15) is 4.79 Å². The van der Waals surface area contributed by atoms with Crippen molar-refractivity contribution in [3.05, 3.63) is 29.8 Å². The van der Waals surface area contributed by atoms with Gasteiger partial charge in [-0.15, -0.1) is 0 Å². The van der Waals surface area contributed by atoms with Crippen molar-refractivity contribution in [3.8, 4) is 6.07 Å². The van der Waals surface area contributed by atoms with E-state index < -0.39 is 0 Å². The average molecular weight is 300 g/mol. The molecule has 0 spiro atoms. The molecule has 2 rings (SSSR count). The summed E-state index contributed by atoms with van der Waals surface area (Å²) in [6.45, 7) is 2.03. The average Bonchev–Trinajstić information content (AvgIpc) is 2.55. The maximum atomic E-state index is 11.3. The van der Waals surface area contributed by atoms with E-state index in [2.05, 4.69) is 35.7 Å². The number of anilines is 1. The molecule has 0 saturated heterocycles. The Morgan fingerprint density at radius 1 is 1.41 bits per heavy atom. The minimum absolute atomic E-state index is 0.152. The number of hydrogen-bond donors (Lipinski definition) is 1. The van der Waals surface area contributed by atoms with Gasteiger partial charge in [-0.3, -0.25) is 4.79 Å². The lowest BCUT2D eigenvalue weighted by Gasteiger charge is -2.27. The second-order valence-corrected chi connectivity index (χ2v) is 6.14. The van der Waals surface area contributed by atoms with E-state index in [4.69, 9.17) is 10.00 Å². The molecule has 1 N–H and O–H groups in total. The van der Waals surface area contributed by atoms with Crippen LogP contribution >= 0.6 is 0 Å². The molecule has 4 heteroatoms. The van der Waals surface area contributed by atoms with E-state index in [1.807, 2.05) is 6.92 Å². The van der Waals surface area contributed by atoms with Crippen molar-refractivity contribution in [1.29, 1.82) is 5.26 Å². The summed E-state index contributed by atoms with van der Waals surface area (Å²) in [7, 11) is 1.42. The maximum absolute atomic E-state index is 11.3. The van der Waals surface area contributed by atoms with Gasteiger partial charge in [-0.2, -0.15) is 5.26 Å². The van der Waals surface area contributed by atoms with Crippen molar-refractivity contribution in [1.82, 2.24) is 0 Å². The first kappa shape index (κ1) is 16.4. The minimum atomic E-state index is -0.181. The SMILES string of the molecule is COC(=O)C[C@H](C)c1ccc(N[C@@H]2CCC[C@H](C#N)C2)cc1. The Morgan fingerprint density at radius 2 is 2.14 bits per heavy atom. The topological polar surface area (TPSA) is 62.1 Å². The highest BCUT2D eigenvalue weighted by Gasteiger charge is 2.21. The number of methoxy groups -OCH3 is 1. The van der Waals surface area contributed by atoms with E-state index >= 15 is 0 Å². The predicted octanol–water partition coefficient (Wildman–Crippen LogP) is 3.85. The lowest BCUT2D eigenvalue weighted by molar-refractivity contribution is -0.140. The fourth-order valence-electron chi connectivity index (χ4n) is 3.03. The monoisotopic (exact) mass is 300 g/mol. The van der Waals surface area contributed by atoms with Crippen LogP contribution in [0.1, 0.15) is 50.5 Å². The van der Waals surface area contributed by atoms with E-state index in [1.165, 1.54) is 7.11 Å². The molecule has 0 radical (unpaired) electrons. The number of hydrogen-bond acceptors (Lipinski definition) is 4. The van der Waals surface area contributed by atoms with E-state index in [-0.39, 0.29) is 17.8 Å². The lowest BCUT2D eigenvalue weighted by atomic mass is 9.86. The highest BCUT2D eigenvalue weighted by atomic mass is 16.5. The van der Waals surface area contributed by atoms with Crippen molar-refractivity contribution in [3.63, 3.8) is 0 Å². The van der Waals surface area contributed by atoms with Crippen LogP contribution in [0.15, 0.2) is 24.3 Å². The zero-order chi connectivity index (χ0) is 15.9.